The molecule has 0 aliphatic heterocycles. The summed E-state index contributed by atoms with van der Waals surface area (Å²) in [5.74, 6) is 0.810. The van der Waals surface area contributed by atoms with Crippen LogP contribution < -0.4 is 5.73 Å². The quantitative estimate of drug-likeness (QED) is 0.938. The van der Waals surface area contributed by atoms with Gasteiger partial charge in [-0.3, -0.25) is 0 Å². The number of hydrogen-bond donors (Lipinski definition) is 1. The van der Waals surface area contributed by atoms with E-state index in [0.717, 1.165) is 32.1 Å². The first-order valence-electron chi connectivity index (χ1n) is 5.57. The van der Waals surface area contributed by atoms with E-state index in [-0.39, 0.29) is 6.04 Å². The molecule has 0 aliphatic rings. The molecule has 0 amide bonds. The predicted octanol–water partition coefficient (Wildman–Crippen LogP) is 3.54. The van der Waals surface area contributed by atoms with Crippen LogP contribution in [0.4, 0.5) is 0 Å². The smallest absolute Gasteiger partial charge is 0.174 e. The van der Waals surface area contributed by atoms with Gasteiger partial charge in [-0.15, -0.1) is 0 Å². The number of halogens is 1. The Balaban J connectivity index is 2.26. The fourth-order valence-electron chi connectivity index (χ4n) is 1.57. The molecule has 1 aromatic heterocycles. The number of rotatable bonds is 4. The van der Waals surface area contributed by atoms with Crippen molar-refractivity contribution in [1.82, 2.24) is 9.36 Å². The fourth-order valence-corrected chi connectivity index (χ4v) is 3.49. The lowest BCUT2D eigenvalue weighted by Gasteiger charge is -2.10. The number of nitrogens with two attached hydrogens (primary N) is 1. The Hall–Kier alpha value is -0.620. The van der Waals surface area contributed by atoms with E-state index >= 15 is 0 Å². The molecular formula is C12H14ClN3S2. The fraction of sp³-hybridized carbons (Fsp3) is 0.333. The summed E-state index contributed by atoms with van der Waals surface area (Å²) in [6.45, 7) is 3.88. The molecule has 2 aromatic rings. The monoisotopic (exact) mass is 299 g/mol. The van der Waals surface area contributed by atoms with Gasteiger partial charge in [-0.1, -0.05) is 23.4 Å². The lowest BCUT2D eigenvalue weighted by Crippen LogP contribution is -2.18. The second kappa shape index (κ2) is 6.02. The zero-order valence-corrected chi connectivity index (χ0v) is 12.6. The van der Waals surface area contributed by atoms with Gasteiger partial charge in [0.05, 0.1) is 0 Å². The highest BCUT2D eigenvalue weighted by Crippen LogP contribution is 2.33. The van der Waals surface area contributed by atoms with Crippen molar-refractivity contribution in [1.29, 1.82) is 0 Å². The third kappa shape index (κ3) is 3.68. The van der Waals surface area contributed by atoms with Crippen LogP contribution in [0.2, 0.25) is 5.02 Å². The molecule has 0 bridgehead atoms. The lowest BCUT2D eigenvalue weighted by atomic mass is 10.1. The Labute approximate surface area is 120 Å². The minimum atomic E-state index is 0.110. The van der Waals surface area contributed by atoms with Crippen molar-refractivity contribution in [3.05, 3.63) is 34.6 Å². The largest absolute Gasteiger partial charge is 0.328 e. The molecule has 1 heterocycles. The summed E-state index contributed by atoms with van der Waals surface area (Å²) in [6.07, 6.45) is 0.806. The van der Waals surface area contributed by atoms with Crippen molar-refractivity contribution in [2.75, 3.05) is 0 Å². The molecule has 0 saturated heterocycles. The maximum atomic E-state index is 6.03. The number of aromatic nitrogens is 2. The molecule has 0 radical (unpaired) electrons. The van der Waals surface area contributed by atoms with Gasteiger partial charge in [0.1, 0.15) is 5.82 Å². The Bertz CT molecular complexity index is 540. The molecular weight excluding hydrogens is 286 g/mol. The average Bonchev–Trinajstić information content (AvgIpc) is 2.67. The lowest BCUT2D eigenvalue weighted by molar-refractivity contribution is 0.729. The molecule has 0 fully saturated rings. The zero-order valence-electron chi connectivity index (χ0n) is 10.2. The van der Waals surface area contributed by atoms with Gasteiger partial charge >= 0.3 is 0 Å². The van der Waals surface area contributed by atoms with Gasteiger partial charge in [-0.2, -0.15) is 4.37 Å². The van der Waals surface area contributed by atoms with E-state index in [2.05, 4.69) is 9.36 Å². The molecule has 1 atom stereocenters. The summed E-state index contributed by atoms with van der Waals surface area (Å²) < 4.78 is 5.13. The summed E-state index contributed by atoms with van der Waals surface area (Å²) >= 11 is 9.06. The van der Waals surface area contributed by atoms with E-state index < -0.39 is 0 Å². The summed E-state index contributed by atoms with van der Waals surface area (Å²) in [4.78, 5) is 5.50. The number of hydrogen-bond acceptors (Lipinski definition) is 5. The van der Waals surface area contributed by atoms with Crippen molar-refractivity contribution in [3.8, 4) is 0 Å². The minimum Gasteiger partial charge on any atom is -0.328 e. The standard InChI is InChI=1S/C12H14ClN3S2/c1-7(14)5-9-6-10(13)3-4-11(9)17-12-15-8(2)16-18-12/h3-4,6-7H,5,14H2,1-2H3. The summed E-state index contributed by atoms with van der Waals surface area (Å²) in [5.41, 5.74) is 7.03. The second-order valence-corrected chi connectivity index (χ2v) is 6.62. The maximum Gasteiger partial charge on any atom is 0.174 e. The topological polar surface area (TPSA) is 51.8 Å². The van der Waals surface area contributed by atoms with Crippen LogP contribution in [0.5, 0.6) is 0 Å². The van der Waals surface area contributed by atoms with E-state index in [4.69, 9.17) is 17.3 Å². The first-order valence-corrected chi connectivity index (χ1v) is 7.53. The van der Waals surface area contributed by atoms with Crippen molar-refractivity contribution in [2.24, 2.45) is 5.73 Å². The molecule has 2 rings (SSSR count). The Morgan fingerprint density at radius 3 is 2.89 bits per heavy atom. The van der Waals surface area contributed by atoms with Crippen molar-refractivity contribution in [2.45, 2.75) is 35.5 Å². The molecule has 0 saturated carbocycles. The highest BCUT2D eigenvalue weighted by Gasteiger charge is 2.10. The predicted molar refractivity (Wildman–Crippen MR) is 77.6 cm³/mol. The first kappa shape index (κ1) is 13.8. The summed E-state index contributed by atoms with van der Waals surface area (Å²) in [6, 6.07) is 5.99. The minimum absolute atomic E-state index is 0.110. The Kier molecular flexibility index (Phi) is 4.61. The van der Waals surface area contributed by atoms with E-state index in [1.807, 2.05) is 32.0 Å². The SMILES string of the molecule is Cc1nsc(Sc2ccc(Cl)cc2CC(C)N)n1. The summed E-state index contributed by atoms with van der Waals surface area (Å²) in [5, 5.41) is 0.739. The normalized spacial score (nSPS) is 12.7. The van der Waals surface area contributed by atoms with Crippen LogP contribution in [0.1, 0.15) is 18.3 Å². The van der Waals surface area contributed by atoms with E-state index in [9.17, 15) is 0 Å². The molecule has 18 heavy (non-hydrogen) atoms. The third-order valence-electron chi connectivity index (χ3n) is 2.27. The zero-order chi connectivity index (χ0) is 13.1. The average molecular weight is 300 g/mol. The van der Waals surface area contributed by atoms with Crippen LogP contribution in [0, 0.1) is 6.92 Å². The van der Waals surface area contributed by atoms with Gasteiger partial charge in [0, 0.05) is 16.0 Å². The van der Waals surface area contributed by atoms with E-state index in [1.54, 1.807) is 11.8 Å². The molecule has 0 spiro atoms. The first-order chi connectivity index (χ1) is 8.54. The number of aryl methyl sites for hydroxylation is 1. The van der Waals surface area contributed by atoms with Crippen molar-refractivity contribution < 1.29 is 0 Å². The number of benzene rings is 1. The van der Waals surface area contributed by atoms with Gasteiger partial charge < -0.3 is 5.73 Å². The van der Waals surface area contributed by atoms with E-state index in [0.29, 0.717) is 0 Å². The highest BCUT2D eigenvalue weighted by molar-refractivity contribution is 8.01. The van der Waals surface area contributed by atoms with Crippen LogP contribution in [0.15, 0.2) is 27.4 Å². The van der Waals surface area contributed by atoms with Crippen LogP contribution in [-0.4, -0.2) is 15.4 Å². The van der Waals surface area contributed by atoms with Crippen LogP contribution >= 0.6 is 34.9 Å². The van der Waals surface area contributed by atoms with Gasteiger partial charge in [-0.05, 0) is 55.6 Å². The van der Waals surface area contributed by atoms with E-state index in [1.165, 1.54) is 11.5 Å². The van der Waals surface area contributed by atoms with Gasteiger partial charge in [-0.25, -0.2) is 4.98 Å². The van der Waals surface area contributed by atoms with Gasteiger partial charge in [0.25, 0.3) is 0 Å². The van der Waals surface area contributed by atoms with Crippen molar-refractivity contribution in [3.63, 3.8) is 0 Å². The van der Waals surface area contributed by atoms with Crippen LogP contribution in [-0.2, 0) is 6.42 Å². The molecule has 6 heteroatoms. The maximum absolute atomic E-state index is 6.03. The van der Waals surface area contributed by atoms with Crippen molar-refractivity contribution >= 4 is 34.9 Å². The molecule has 1 aromatic carbocycles. The molecule has 96 valence electrons. The third-order valence-corrected chi connectivity index (χ3v) is 4.47. The summed E-state index contributed by atoms with van der Waals surface area (Å²) in [7, 11) is 0. The van der Waals surface area contributed by atoms with Gasteiger partial charge in [0.2, 0.25) is 0 Å². The highest BCUT2D eigenvalue weighted by atomic mass is 35.5. The molecule has 2 N–H and O–H groups in total. The molecule has 0 aliphatic carbocycles. The Morgan fingerprint density at radius 1 is 1.50 bits per heavy atom. The molecule has 3 nitrogen and oxygen atoms in total. The number of nitrogens with zero attached hydrogens (tertiary/aromatic N) is 2. The molecule has 1 unspecified atom stereocenters. The van der Waals surface area contributed by atoms with Crippen LogP contribution in [0.3, 0.4) is 0 Å². The Morgan fingerprint density at radius 2 is 2.28 bits per heavy atom. The van der Waals surface area contributed by atoms with Crippen LogP contribution in [0.25, 0.3) is 0 Å². The second-order valence-electron chi connectivity index (χ2n) is 4.14. The van der Waals surface area contributed by atoms with Gasteiger partial charge in [0.15, 0.2) is 4.34 Å².